The molecule has 1 saturated heterocycles. The molecule has 0 bridgehead atoms. The molecular weight excluding hydrogens is 369 g/mol. The van der Waals surface area contributed by atoms with Gasteiger partial charge in [-0.1, -0.05) is 0 Å². The lowest BCUT2D eigenvalue weighted by Crippen LogP contribution is -2.45. The van der Waals surface area contributed by atoms with Gasteiger partial charge in [0.05, 0.1) is 10.8 Å². The highest BCUT2D eigenvalue weighted by Gasteiger charge is 2.33. The van der Waals surface area contributed by atoms with E-state index in [0.717, 1.165) is 25.1 Å². The number of hydrogen-bond donors (Lipinski definition) is 2. The molecule has 0 saturated carbocycles. The first-order valence-corrected chi connectivity index (χ1v) is 9.57. The van der Waals surface area contributed by atoms with Crippen LogP contribution in [0.3, 0.4) is 0 Å². The third kappa shape index (κ3) is 5.91. The second-order valence-corrected chi connectivity index (χ2v) is 7.84. The predicted molar refractivity (Wildman–Crippen MR) is 96.7 cm³/mol. The van der Waals surface area contributed by atoms with Crippen LogP contribution in [-0.4, -0.2) is 51.9 Å². The van der Waals surface area contributed by atoms with Gasteiger partial charge in [-0.15, -0.1) is 12.4 Å². The first-order valence-electron chi connectivity index (χ1n) is 8.13. The van der Waals surface area contributed by atoms with E-state index in [1.807, 2.05) is 7.05 Å². The number of carbonyl (C=O) groups excluding carboxylic acids is 1. The van der Waals surface area contributed by atoms with E-state index in [0.29, 0.717) is 25.9 Å². The van der Waals surface area contributed by atoms with Gasteiger partial charge < -0.3 is 10.6 Å². The van der Waals surface area contributed by atoms with Crippen LogP contribution in [0.1, 0.15) is 19.3 Å². The normalized spacial score (nSPS) is 18.4. The Labute approximate surface area is 154 Å². The SMILES string of the molecule is CNCCCNC(=O)C1CCCN(S(=O)(=O)c2ccc(F)cc2)C1.Cl. The van der Waals surface area contributed by atoms with Gasteiger partial charge in [-0.25, -0.2) is 12.8 Å². The molecule has 25 heavy (non-hydrogen) atoms. The second-order valence-electron chi connectivity index (χ2n) is 5.90. The summed E-state index contributed by atoms with van der Waals surface area (Å²) < 4.78 is 39.6. The Bertz CT molecular complexity index is 655. The van der Waals surface area contributed by atoms with Crippen molar-refractivity contribution >= 4 is 28.3 Å². The highest BCUT2D eigenvalue weighted by atomic mass is 35.5. The summed E-state index contributed by atoms with van der Waals surface area (Å²) >= 11 is 0. The van der Waals surface area contributed by atoms with Crippen LogP contribution in [0.25, 0.3) is 0 Å². The Hall–Kier alpha value is -1.22. The van der Waals surface area contributed by atoms with E-state index >= 15 is 0 Å². The molecule has 0 radical (unpaired) electrons. The van der Waals surface area contributed by atoms with Crippen molar-refractivity contribution in [1.29, 1.82) is 0 Å². The molecule has 142 valence electrons. The predicted octanol–water partition coefficient (Wildman–Crippen LogP) is 1.37. The van der Waals surface area contributed by atoms with Crippen LogP contribution < -0.4 is 10.6 Å². The van der Waals surface area contributed by atoms with Gasteiger partial charge in [-0.05, 0) is 57.1 Å². The number of sulfonamides is 1. The summed E-state index contributed by atoms with van der Waals surface area (Å²) in [7, 11) is -1.85. The molecule has 1 atom stereocenters. The number of nitrogens with one attached hydrogen (secondary N) is 2. The molecule has 2 rings (SSSR count). The fourth-order valence-electron chi connectivity index (χ4n) is 2.75. The minimum atomic E-state index is -3.70. The average molecular weight is 394 g/mol. The van der Waals surface area contributed by atoms with Crippen molar-refractivity contribution in [3.8, 4) is 0 Å². The second kappa shape index (κ2) is 10.1. The van der Waals surface area contributed by atoms with Crippen LogP contribution in [0.15, 0.2) is 29.2 Å². The molecule has 6 nitrogen and oxygen atoms in total. The first kappa shape index (κ1) is 21.8. The third-order valence-electron chi connectivity index (χ3n) is 4.11. The lowest BCUT2D eigenvalue weighted by atomic mass is 9.99. The number of piperidine rings is 1. The zero-order valence-corrected chi connectivity index (χ0v) is 15.8. The van der Waals surface area contributed by atoms with Crippen LogP contribution in [0.5, 0.6) is 0 Å². The maximum absolute atomic E-state index is 13.0. The van der Waals surface area contributed by atoms with E-state index in [1.165, 1.54) is 16.4 Å². The zero-order chi connectivity index (χ0) is 17.6. The average Bonchev–Trinajstić information content (AvgIpc) is 2.59. The number of benzene rings is 1. The van der Waals surface area contributed by atoms with Gasteiger partial charge in [-0.2, -0.15) is 4.31 Å². The molecule has 2 N–H and O–H groups in total. The van der Waals surface area contributed by atoms with Crippen molar-refractivity contribution in [2.24, 2.45) is 5.92 Å². The highest BCUT2D eigenvalue weighted by Crippen LogP contribution is 2.24. The molecule has 1 unspecified atom stereocenters. The molecule has 1 aromatic rings. The van der Waals surface area contributed by atoms with Crippen molar-refractivity contribution in [2.75, 3.05) is 33.2 Å². The Morgan fingerprint density at radius 1 is 1.28 bits per heavy atom. The van der Waals surface area contributed by atoms with Gasteiger partial charge in [0.1, 0.15) is 5.82 Å². The summed E-state index contributed by atoms with van der Waals surface area (Å²) in [6.07, 6.45) is 2.13. The fraction of sp³-hybridized carbons (Fsp3) is 0.562. The molecule has 1 aliphatic heterocycles. The molecule has 1 heterocycles. The summed E-state index contributed by atoms with van der Waals surface area (Å²) in [5.41, 5.74) is 0. The van der Waals surface area contributed by atoms with Crippen LogP contribution in [0.2, 0.25) is 0 Å². The maximum Gasteiger partial charge on any atom is 0.243 e. The van der Waals surface area contributed by atoms with Gasteiger partial charge in [-0.3, -0.25) is 4.79 Å². The topological polar surface area (TPSA) is 78.5 Å². The quantitative estimate of drug-likeness (QED) is 0.686. The van der Waals surface area contributed by atoms with Crippen molar-refractivity contribution < 1.29 is 17.6 Å². The number of halogens is 2. The minimum absolute atomic E-state index is 0. The number of nitrogens with zero attached hydrogens (tertiary/aromatic N) is 1. The zero-order valence-electron chi connectivity index (χ0n) is 14.2. The number of carbonyl (C=O) groups is 1. The smallest absolute Gasteiger partial charge is 0.243 e. The Morgan fingerprint density at radius 2 is 1.96 bits per heavy atom. The van der Waals surface area contributed by atoms with Crippen LogP contribution in [0, 0.1) is 11.7 Å². The molecule has 0 spiro atoms. The van der Waals surface area contributed by atoms with Gasteiger partial charge in [0, 0.05) is 19.6 Å². The van der Waals surface area contributed by atoms with Crippen LogP contribution in [-0.2, 0) is 14.8 Å². The largest absolute Gasteiger partial charge is 0.356 e. The number of rotatable bonds is 7. The van der Waals surface area contributed by atoms with Crippen molar-refractivity contribution in [1.82, 2.24) is 14.9 Å². The first-order chi connectivity index (χ1) is 11.4. The summed E-state index contributed by atoms with van der Waals surface area (Å²) in [5.74, 6) is -0.930. The van der Waals surface area contributed by atoms with Crippen molar-refractivity contribution in [2.45, 2.75) is 24.2 Å². The fourth-order valence-corrected chi connectivity index (χ4v) is 4.28. The monoisotopic (exact) mass is 393 g/mol. The molecule has 1 aromatic carbocycles. The lowest BCUT2D eigenvalue weighted by molar-refractivity contribution is -0.126. The van der Waals surface area contributed by atoms with E-state index in [9.17, 15) is 17.6 Å². The van der Waals surface area contributed by atoms with E-state index in [-0.39, 0.29) is 35.7 Å². The van der Waals surface area contributed by atoms with Gasteiger partial charge >= 0.3 is 0 Å². The van der Waals surface area contributed by atoms with E-state index < -0.39 is 15.8 Å². The maximum atomic E-state index is 13.0. The van der Waals surface area contributed by atoms with Gasteiger partial charge in [0.2, 0.25) is 15.9 Å². The van der Waals surface area contributed by atoms with E-state index in [1.54, 1.807) is 0 Å². The Morgan fingerprint density at radius 3 is 2.60 bits per heavy atom. The van der Waals surface area contributed by atoms with Gasteiger partial charge in [0.25, 0.3) is 0 Å². The summed E-state index contributed by atoms with van der Waals surface area (Å²) in [5, 5.41) is 5.86. The molecule has 9 heteroatoms. The minimum Gasteiger partial charge on any atom is -0.356 e. The molecule has 1 fully saturated rings. The van der Waals surface area contributed by atoms with Crippen LogP contribution in [0.4, 0.5) is 4.39 Å². The summed E-state index contributed by atoms with van der Waals surface area (Å²) in [6, 6.07) is 4.77. The van der Waals surface area contributed by atoms with Crippen LogP contribution >= 0.6 is 12.4 Å². The standard InChI is InChI=1S/C16H24FN3O3S.ClH/c1-18-9-3-10-19-16(21)13-4-2-11-20(12-13)24(22,23)15-7-5-14(17)6-8-15;/h5-8,13,18H,2-4,9-12H2,1H3,(H,19,21);1H. The summed E-state index contributed by atoms with van der Waals surface area (Å²) in [4.78, 5) is 12.3. The van der Waals surface area contributed by atoms with E-state index in [2.05, 4.69) is 10.6 Å². The van der Waals surface area contributed by atoms with E-state index in [4.69, 9.17) is 0 Å². The molecule has 1 aliphatic rings. The number of amides is 1. The molecule has 0 aliphatic carbocycles. The van der Waals surface area contributed by atoms with Crippen molar-refractivity contribution in [3.05, 3.63) is 30.1 Å². The third-order valence-corrected chi connectivity index (χ3v) is 5.99. The summed E-state index contributed by atoms with van der Waals surface area (Å²) in [6.45, 7) is 1.93. The Balaban J connectivity index is 0.00000312. The Kier molecular flexibility index (Phi) is 8.78. The van der Waals surface area contributed by atoms with Crippen molar-refractivity contribution in [3.63, 3.8) is 0 Å². The molecule has 1 amide bonds. The lowest BCUT2D eigenvalue weighted by Gasteiger charge is -2.31. The van der Waals surface area contributed by atoms with Gasteiger partial charge in [0.15, 0.2) is 0 Å². The molecular formula is C16H25ClFN3O3S. The molecule has 0 aromatic heterocycles. The number of hydrogen-bond acceptors (Lipinski definition) is 4. The highest BCUT2D eigenvalue weighted by molar-refractivity contribution is 7.89.